The fraction of sp³-hybridized carbons (Fsp3) is 0.400. The first kappa shape index (κ1) is 3.59. The number of rotatable bonds is 1. The summed E-state index contributed by atoms with van der Waals surface area (Å²) in [6.07, 6.45) is 5.07. The van der Waals surface area contributed by atoms with E-state index in [0.29, 0.717) is 0 Å². The van der Waals surface area contributed by atoms with E-state index in [9.17, 15) is 0 Å². The van der Waals surface area contributed by atoms with Crippen LogP contribution in [0.15, 0.2) is 16.8 Å². The molecule has 1 heteroatoms. The molecule has 0 aliphatic carbocycles. The van der Waals surface area contributed by atoms with Gasteiger partial charge in [-0.1, -0.05) is 13.0 Å². The summed E-state index contributed by atoms with van der Waals surface area (Å²) in [6, 6.07) is 0. The Balaban J connectivity index is 2.27. The van der Waals surface area contributed by atoms with Crippen LogP contribution in [-0.4, -0.2) is 6.21 Å². The van der Waals surface area contributed by atoms with Crippen molar-refractivity contribution >= 4 is 6.21 Å². The molecule has 0 unspecified atom stereocenters. The zero-order chi connectivity index (χ0) is 4.41. The average Bonchev–Trinajstić information content (AvgIpc) is 2.21. The van der Waals surface area contributed by atoms with Gasteiger partial charge in [-0.2, -0.15) is 0 Å². The molecule has 0 saturated heterocycles. The van der Waals surface area contributed by atoms with Crippen molar-refractivity contribution in [1.82, 2.24) is 0 Å². The zero-order valence-corrected chi connectivity index (χ0v) is 3.81. The Morgan fingerprint density at radius 2 is 2.67 bits per heavy atom. The van der Waals surface area contributed by atoms with Gasteiger partial charge in [0.2, 0.25) is 0 Å². The lowest BCUT2D eigenvalue weighted by Crippen LogP contribution is -1.51. The predicted octanol–water partition coefficient (Wildman–Crippen LogP) is 1.36. The standard InChI is InChI=1S/C5H7N/c1-2-3-5-4-6-5/h3-4H,2H2,1H3/b5-3+. The summed E-state index contributed by atoms with van der Waals surface area (Å²) in [5, 5.41) is 0. The van der Waals surface area contributed by atoms with Crippen LogP contribution in [0.5, 0.6) is 0 Å². The molecule has 0 N–H and O–H groups in total. The molecule has 0 amide bonds. The maximum Gasteiger partial charge on any atom is 0.0773 e. The minimum Gasteiger partial charge on any atom is -0.253 e. The maximum atomic E-state index is 3.83. The summed E-state index contributed by atoms with van der Waals surface area (Å²) in [6.45, 7) is 2.11. The second-order valence-corrected chi connectivity index (χ2v) is 1.30. The molecule has 0 atom stereocenters. The molecule has 1 rings (SSSR count). The van der Waals surface area contributed by atoms with Crippen molar-refractivity contribution in [1.29, 1.82) is 0 Å². The van der Waals surface area contributed by atoms with Crippen molar-refractivity contribution in [2.45, 2.75) is 13.3 Å². The Bertz CT molecular complexity index is 92.5. The molecule has 0 bridgehead atoms. The topological polar surface area (TPSA) is 12.4 Å². The highest BCUT2D eigenvalue weighted by Crippen LogP contribution is 2.05. The lowest BCUT2D eigenvalue weighted by molar-refractivity contribution is 1.21. The summed E-state index contributed by atoms with van der Waals surface area (Å²) < 4.78 is 0. The van der Waals surface area contributed by atoms with E-state index < -0.39 is 0 Å². The quantitative estimate of drug-likeness (QED) is 0.452. The number of allylic oxidation sites excluding steroid dienone is 2. The van der Waals surface area contributed by atoms with Crippen LogP contribution in [0, 0.1) is 0 Å². The van der Waals surface area contributed by atoms with E-state index in [-0.39, 0.29) is 0 Å². The van der Waals surface area contributed by atoms with Gasteiger partial charge >= 0.3 is 0 Å². The van der Waals surface area contributed by atoms with Crippen LogP contribution in [0.2, 0.25) is 0 Å². The predicted molar refractivity (Wildman–Crippen MR) is 26.9 cm³/mol. The second-order valence-electron chi connectivity index (χ2n) is 1.30. The van der Waals surface area contributed by atoms with Gasteiger partial charge in [-0.05, 0) is 6.42 Å². The van der Waals surface area contributed by atoms with E-state index in [1.54, 1.807) is 0 Å². The molecule has 1 aliphatic heterocycles. The Hall–Kier alpha value is -0.590. The first-order valence-corrected chi connectivity index (χ1v) is 2.17. The zero-order valence-electron chi connectivity index (χ0n) is 3.81. The largest absolute Gasteiger partial charge is 0.253 e. The lowest BCUT2D eigenvalue weighted by Gasteiger charge is -1.66. The first-order chi connectivity index (χ1) is 2.93. The smallest absolute Gasteiger partial charge is 0.0773 e. The Morgan fingerprint density at radius 1 is 2.00 bits per heavy atom. The minimum absolute atomic E-state index is 1.11. The van der Waals surface area contributed by atoms with E-state index in [1.807, 2.05) is 6.21 Å². The van der Waals surface area contributed by atoms with Crippen LogP contribution >= 0.6 is 0 Å². The molecule has 0 fully saturated rings. The van der Waals surface area contributed by atoms with E-state index in [4.69, 9.17) is 0 Å². The summed E-state index contributed by atoms with van der Waals surface area (Å²) in [4.78, 5) is 3.83. The third kappa shape index (κ3) is 0.677. The van der Waals surface area contributed by atoms with Gasteiger partial charge in [0.05, 0.1) is 11.9 Å². The molecule has 6 heavy (non-hydrogen) atoms. The fourth-order valence-corrected chi connectivity index (χ4v) is 0.352. The van der Waals surface area contributed by atoms with Crippen molar-refractivity contribution in [3.8, 4) is 0 Å². The Kier molecular flexibility index (Phi) is 0.748. The number of aliphatic imine (C=N–C) groups is 1. The van der Waals surface area contributed by atoms with Crippen molar-refractivity contribution in [2.75, 3.05) is 0 Å². The van der Waals surface area contributed by atoms with Crippen LogP contribution in [0.1, 0.15) is 13.3 Å². The van der Waals surface area contributed by atoms with Gasteiger partial charge in [0.15, 0.2) is 0 Å². The molecule has 1 aliphatic rings. The molecule has 1 nitrogen and oxygen atoms in total. The van der Waals surface area contributed by atoms with Gasteiger partial charge in [-0.15, -0.1) is 0 Å². The summed E-state index contributed by atoms with van der Waals surface area (Å²) in [5.74, 6) is 0. The summed E-state index contributed by atoms with van der Waals surface area (Å²) in [7, 11) is 0. The fourth-order valence-electron chi connectivity index (χ4n) is 0.352. The summed E-state index contributed by atoms with van der Waals surface area (Å²) >= 11 is 0. The molecule has 0 aromatic heterocycles. The second kappa shape index (κ2) is 1.25. The Labute approximate surface area is 37.4 Å². The number of hydrogen-bond acceptors (Lipinski definition) is 1. The van der Waals surface area contributed by atoms with Crippen LogP contribution in [0.3, 0.4) is 0 Å². The van der Waals surface area contributed by atoms with Gasteiger partial charge in [0, 0.05) is 0 Å². The van der Waals surface area contributed by atoms with E-state index in [0.717, 1.165) is 12.1 Å². The number of nitrogens with zero attached hydrogens (tertiary/aromatic N) is 1. The molecular formula is C5H7N. The molecule has 0 spiro atoms. The third-order valence-electron chi connectivity index (χ3n) is 0.691. The van der Waals surface area contributed by atoms with E-state index >= 15 is 0 Å². The van der Waals surface area contributed by atoms with Gasteiger partial charge in [-0.3, -0.25) is 4.99 Å². The van der Waals surface area contributed by atoms with Crippen molar-refractivity contribution < 1.29 is 0 Å². The molecule has 32 valence electrons. The Morgan fingerprint density at radius 3 is 2.83 bits per heavy atom. The van der Waals surface area contributed by atoms with Crippen LogP contribution in [0.25, 0.3) is 0 Å². The summed E-state index contributed by atoms with van der Waals surface area (Å²) in [5.41, 5.74) is 1.16. The highest BCUT2D eigenvalue weighted by Gasteiger charge is 1.95. The highest BCUT2D eigenvalue weighted by atomic mass is 14.9. The normalized spacial score (nSPS) is 22.5. The van der Waals surface area contributed by atoms with Crippen molar-refractivity contribution in [3.05, 3.63) is 11.8 Å². The molecule has 0 saturated carbocycles. The molecule has 0 radical (unpaired) electrons. The van der Waals surface area contributed by atoms with Crippen LogP contribution in [0.4, 0.5) is 0 Å². The van der Waals surface area contributed by atoms with Crippen molar-refractivity contribution in [2.24, 2.45) is 4.99 Å². The monoisotopic (exact) mass is 81.1 g/mol. The lowest BCUT2D eigenvalue weighted by atomic mass is 10.4. The third-order valence-corrected chi connectivity index (χ3v) is 0.691. The van der Waals surface area contributed by atoms with Crippen LogP contribution < -0.4 is 0 Å². The van der Waals surface area contributed by atoms with E-state index in [1.165, 1.54) is 0 Å². The van der Waals surface area contributed by atoms with E-state index in [2.05, 4.69) is 18.0 Å². The van der Waals surface area contributed by atoms with Gasteiger partial charge in [0.25, 0.3) is 0 Å². The van der Waals surface area contributed by atoms with Crippen molar-refractivity contribution in [3.63, 3.8) is 0 Å². The first-order valence-electron chi connectivity index (χ1n) is 2.17. The van der Waals surface area contributed by atoms with Crippen LogP contribution in [-0.2, 0) is 0 Å². The van der Waals surface area contributed by atoms with Gasteiger partial charge < -0.3 is 0 Å². The highest BCUT2D eigenvalue weighted by molar-refractivity contribution is 5.92. The van der Waals surface area contributed by atoms with Gasteiger partial charge in [-0.25, -0.2) is 0 Å². The minimum atomic E-state index is 1.11. The molecule has 0 aromatic carbocycles. The SMILES string of the molecule is CC/C=C1C=N\1. The molecular weight excluding hydrogens is 74.1 g/mol. The van der Waals surface area contributed by atoms with Gasteiger partial charge in [0.1, 0.15) is 0 Å². The maximum absolute atomic E-state index is 3.83. The number of hydrogen-bond donors (Lipinski definition) is 0. The average molecular weight is 81.1 g/mol. The molecule has 1 heterocycles. The molecule has 0 aromatic rings.